The lowest BCUT2D eigenvalue weighted by atomic mass is 9.82. The lowest BCUT2D eigenvalue weighted by Gasteiger charge is -2.29. The Kier molecular flexibility index (Phi) is 4.85. The standard InChI is InChI=1S/C36H32BN/c1-35(2)31-11-7-5-9-27(31)29-19-17-25(21-33(29)35)38(24-15-13-23(37)14-16-24)26-18-20-30-28-10-6-8-12-32(28)36(3,4)34(30)22-26/h5-22H,37H2,1-4H3. The molecule has 2 aliphatic carbocycles. The molecule has 0 heterocycles. The minimum atomic E-state index is -0.0392. The Labute approximate surface area is 227 Å². The van der Waals surface area contributed by atoms with E-state index in [1.165, 1.54) is 67.0 Å². The largest absolute Gasteiger partial charge is 0.310 e. The highest BCUT2D eigenvalue weighted by molar-refractivity contribution is 6.32. The van der Waals surface area contributed by atoms with Crippen molar-refractivity contribution in [1.29, 1.82) is 0 Å². The van der Waals surface area contributed by atoms with Gasteiger partial charge in [-0.05, 0) is 80.9 Å². The third-order valence-electron chi connectivity index (χ3n) is 8.94. The Balaban J connectivity index is 1.42. The van der Waals surface area contributed by atoms with Gasteiger partial charge in [-0.25, -0.2) is 0 Å². The van der Waals surface area contributed by atoms with E-state index in [0.29, 0.717) is 0 Å². The zero-order valence-corrected chi connectivity index (χ0v) is 22.8. The summed E-state index contributed by atoms with van der Waals surface area (Å²) >= 11 is 0. The number of fused-ring (bicyclic) bond motifs is 6. The number of benzene rings is 5. The first kappa shape index (κ1) is 23.1. The van der Waals surface area contributed by atoms with Crippen LogP contribution >= 0.6 is 0 Å². The van der Waals surface area contributed by atoms with Crippen molar-refractivity contribution in [3.05, 3.63) is 131 Å². The summed E-state index contributed by atoms with van der Waals surface area (Å²) in [5.74, 6) is 0. The van der Waals surface area contributed by atoms with Gasteiger partial charge < -0.3 is 4.90 Å². The summed E-state index contributed by atoms with van der Waals surface area (Å²) in [6.45, 7) is 9.42. The van der Waals surface area contributed by atoms with Gasteiger partial charge in [-0.1, -0.05) is 106 Å². The maximum atomic E-state index is 2.43. The second kappa shape index (κ2) is 7.98. The summed E-state index contributed by atoms with van der Waals surface area (Å²) in [6.07, 6.45) is 0. The average molecular weight is 489 g/mol. The van der Waals surface area contributed by atoms with Crippen LogP contribution < -0.4 is 10.4 Å². The van der Waals surface area contributed by atoms with E-state index in [-0.39, 0.29) is 10.8 Å². The van der Waals surface area contributed by atoms with Crippen molar-refractivity contribution in [3.63, 3.8) is 0 Å². The normalized spacial score (nSPS) is 15.4. The topological polar surface area (TPSA) is 3.24 Å². The molecule has 7 rings (SSSR count). The van der Waals surface area contributed by atoms with Gasteiger partial charge in [-0.2, -0.15) is 0 Å². The molecule has 0 aliphatic heterocycles. The summed E-state index contributed by atoms with van der Waals surface area (Å²) in [7, 11) is 2.15. The van der Waals surface area contributed by atoms with Crippen LogP contribution in [0.1, 0.15) is 49.9 Å². The first-order chi connectivity index (χ1) is 18.3. The molecule has 0 spiro atoms. The Morgan fingerprint density at radius 1 is 0.447 bits per heavy atom. The summed E-state index contributed by atoms with van der Waals surface area (Å²) < 4.78 is 0. The Hall–Kier alpha value is -4.04. The van der Waals surface area contributed by atoms with Crippen molar-refractivity contribution in [2.24, 2.45) is 0 Å². The fourth-order valence-electron chi connectivity index (χ4n) is 6.80. The Morgan fingerprint density at radius 3 is 1.32 bits per heavy atom. The molecule has 0 fully saturated rings. The molecular formula is C36H32BN. The van der Waals surface area contributed by atoms with Gasteiger partial charge in [0.05, 0.1) is 0 Å². The Bertz CT molecular complexity index is 1620. The predicted octanol–water partition coefficient (Wildman–Crippen LogP) is 8.03. The summed E-state index contributed by atoms with van der Waals surface area (Å²) in [6, 6.07) is 40.7. The first-order valence-corrected chi connectivity index (χ1v) is 13.6. The van der Waals surface area contributed by atoms with Crippen molar-refractivity contribution in [2.45, 2.75) is 38.5 Å². The van der Waals surface area contributed by atoms with Crippen LogP contribution in [0.5, 0.6) is 0 Å². The molecule has 38 heavy (non-hydrogen) atoms. The van der Waals surface area contributed by atoms with E-state index in [0.717, 1.165) is 0 Å². The third kappa shape index (κ3) is 3.19. The van der Waals surface area contributed by atoms with Gasteiger partial charge in [0.15, 0.2) is 0 Å². The van der Waals surface area contributed by atoms with Gasteiger partial charge in [0.1, 0.15) is 7.85 Å². The van der Waals surface area contributed by atoms with Gasteiger partial charge >= 0.3 is 0 Å². The zero-order chi connectivity index (χ0) is 26.2. The van der Waals surface area contributed by atoms with E-state index < -0.39 is 0 Å². The van der Waals surface area contributed by atoms with E-state index in [2.05, 4.69) is 150 Å². The second-order valence-electron chi connectivity index (χ2n) is 12.0. The van der Waals surface area contributed by atoms with Crippen LogP contribution in [0.3, 0.4) is 0 Å². The van der Waals surface area contributed by atoms with Gasteiger partial charge in [0.25, 0.3) is 0 Å². The van der Waals surface area contributed by atoms with Gasteiger partial charge in [-0.3, -0.25) is 0 Å². The highest BCUT2D eigenvalue weighted by Crippen LogP contribution is 2.52. The highest BCUT2D eigenvalue weighted by Gasteiger charge is 2.37. The maximum Gasteiger partial charge on any atom is 0.139 e. The van der Waals surface area contributed by atoms with Crippen molar-refractivity contribution in [3.8, 4) is 22.3 Å². The van der Waals surface area contributed by atoms with Crippen molar-refractivity contribution in [2.75, 3.05) is 4.90 Å². The van der Waals surface area contributed by atoms with E-state index in [1.54, 1.807) is 0 Å². The molecule has 0 amide bonds. The fraction of sp³-hybridized carbons (Fsp3) is 0.167. The van der Waals surface area contributed by atoms with E-state index in [4.69, 9.17) is 0 Å². The monoisotopic (exact) mass is 489 g/mol. The van der Waals surface area contributed by atoms with E-state index >= 15 is 0 Å². The molecule has 0 aromatic heterocycles. The molecule has 0 unspecified atom stereocenters. The van der Waals surface area contributed by atoms with Crippen LogP contribution in [-0.4, -0.2) is 7.85 Å². The SMILES string of the molecule is Bc1ccc(N(c2ccc3c(c2)C(C)(C)c2ccccc2-3)c2ccc3c(c2)C(C)(C)c2ccccc2-3)cc1. The Morgan fingerprint density at radius 2 is 0.842 bits per heavy atom. The fourth-order valence-corrected chi connectivity index (χ4v) is 6.80. The molecular weight excluding hydrogens is 457 g/mol. The average Bonchev–Trinajstić information content (AvgIpc) is 3.30. The lowest BCUT2D eigenvalue weighted by Crippen LogP contribution is -2.18. The molecule has 2 aliphatic rings. The molecule has 0 atom stereocenters. The van der Waals surface area contributed by atoms with Crippen LogP contribution in [0.4, 0.5) is 17.1 Å². The number of hydrogen-bond acceptors (Lipinski definition) is 1. The van der Waals surface area contributed by atoms with Gasteiger partial charge in [-0.15, -0.1) is 0 Å². The van der Waals surface area contributed by atoms with E-state index in [1.807, 2.05) is 0 Å². The zero-order valence-electron chi connectivity index (χ0n) is 22.8. The molecule has 5 aromatic rings. The van der Waals surface area contributed by atoms with Gasteiger partial charge in [0.2, 0.25) is 0 Å². The minimum absolute atomic E-state index is 0.0392. The summed E-state index contributed by atoms with van der Waals surface area (Å²) in [5.41, 5.74) is 15.8. The molecule has 2 heteroatoms. The smallest absolute Gasteiger partial charge is 0.139 e. The third-order valence-corrected chi connectivity index (χ3v) is 8.94. The van der Waals surface area contributed by atoms with Crippen molar-refractivity contribution in [1.82, 2.24) is 0 Å². The maximum absolute atomic E-state index is 2.43. The minimum Gasteiger partial charge on any atom is -0.310 e. The number of nitrogens with zero attached hydrogens (tertiary/aromatic N) is 1. The van der Waals surface area contributed by atoms with Gasteiger partial charge in [0, 0.05) is 27.9 Å². The molecule has 184 valence electrons. The second-order valence-corrected chi connectivity index (χ2v) is 12.0. The molecule has 0 radical (unpaired) electrons. The van der Waals surface area contributed by atoms with Crippen LogP contribution in [0.15, 0.2) is 109 Å². The van der Waals surface area contributed by atoms with E-state index in [9.17, 15) is 0 Å². The molecule has 1 nitrogen and oxygen atoms in total. The molecule has 5 aromatic carbocycles. The van der Waals surface area contributed by atoms with Crippen molar-refractivity contribution >= 4 is 30.4 Å². The highest BCUT2D eigenvalue weighted by atomic mass is 15.1. The van der Waals surface area contributed by atoms with Crippen LogP contribution in [0.25, 0.3) is 22.3 Å². The molecule has 0 bridgehead atoms. The lowest BCUT2D eigenvalue weighted by molar-refractivity contribution is 0.660. The quantitative estimate of drug-likeness (QED) is 0.232. The predicted molar refractivity (Wildman–Crippen MR) is 164 cm³/mol. The number of hydrogen-bond donors (Lipinski definition) is 0. The van der Waals surface area contributed by atoms with Crippen LogP contribution in [0.2, 0.25) is 0 Å². The molecule has 0 N–H and O–H groups in total. The van der Waals surface area contributed by atoms with Crippen molar-refractivity contribution < 1.29 is 0 Å². The first-order valence-electron chi connectivity index (χ1n) is 13.6. The summed E-state index contributed by atoms with van der Waals surface area (Å²) in [5, 5.41) is 0. The number of anilines is 3. The molecule has 0 saturated carbocycles. The van der Waals surface area contributed by atoms with Crippen LogP contribution in [0, 0.1) is 0 Å². The molecule has 0 saturated heterocycles. The van der Waals surface area contributed by atoms with Crippen LogP contribution in [-0.2, 0) is 10.8 Å². The summed E-state index contributed by atoms with van der Waals surface area (Å²) in [4.78, 5) is 2.43. The number of rotatable bonds is 3.